The molecule has 1 unspecified atom stereocenters. The summed E-state index contributed by atoms with van der Waals surface area (Å²) in [7, 11) is -1.24. The van der Waals surface area contributed by atoms with Gasteiger partial charge in [-0.3, -0.25) is 4.99 Å². The normalized spacial score (nSPS) is 31.9. The lowest BCUT2D eigenvalue weighted by molar-refractivity contribution is 0.351. The maximum Gasteiger partial charge on any atom is 0.193 e. The summed E-state index contributed by atoms with van der Waals surface area (Å²) in [4.78, 5) is 6.37. The van der Waals surface area contributed by atoms with Crippen LogP contribution in [0, 0.1) is 5.41 Å². The molecule has 0 spiro atoms. The van der Waals surface area contributed by atoms with Gasteiger partial charge in [0.2, 0.25) is 0 Å². The first kappa shape index (κ1) is 14.6. The van der Waals surface area contributed by atoms with Gasteiger partial charge < -0.3 is 10.2 Å². The number of sulfone groups is 1. The molecule has 0 aromatic heterocycles. The van der Waals surface area contributed by atoms with Crippen molar-refractivity contribution in [2.24, 2.45) is 10.4 Å². The summed E-state index contributed by atoms with van der Waals surface area (Å²) in [6.45, 7) is 9.07. The lowest BCUT2D eigenvalue weighted by atomic mass is 10.2. The molecule has 1 aliphatic carbocycles. The Balaban J connectivity index is 2.06. The fraction of sp³-hybridized carbons (Fsp3) is 0.923. The molecule has 0 bridgehead atoms. The Bertz CT molecular complexity index is 494. The van der Waals surface area contributed by atoms with E-state index < -0.39 is 14.6 Å². The number of rotatable bonds is 1. The summed E-state index contributed by atoms with van der Waals surface area (Å²) in [5.41, 5.74) is 0.327. The molecular weight excluding hydrogens is 262 g/mol. The molecule has 1 saturated carbocycles. The van der Waals surface area contributed by atoms with E-state index in [1.165, 1.54) is 0 Å². The Morgan fingerprint density at radius 1 is 1.32 bits per heavy atom. The molecule has 110 valence electrons. The van der Waals surface area contributed by atoms with Crippen molar-refractivity contribution in [1.29, 1.82) is 0 Å². The van der Waals surface area contributed by atoms with Crippen LogP contribution in [0.25, 0.3) is 0 Å². The van der Waals surface area contributed by atoms with Crippen molar-refractivity contribution in [3.05, 3.63) is 0 Å². The summed E-state index contributed by atoms with van der Waals surface area (Å²) in [6, 6.07) is 0.452. The highest BCUT2D eigenvalue weighted by atomic mass is 32.2. The third-order valence-electron chi connectivity index (χ3n) is 4.37. The average molecular weight is 287 g/mol. The standard InChI is InChI=1S/C13H25N3O2S/c1-12(2)8-10(12)15-11(14-5)16-6-7-19(17,18)13(3,4)9-16/h10H,6-9H2,1-5H3,(H,14,15). The predicted octanol–water partition coefficient (Wildman–Crippen LogP) is 0.869. The van der Waals surface area contributed by atoms with Gasteiger partial charge in [-0.15, -0.1) is 0 Å². The Morgan fingerprint density at radius 2 is 1.89 bits per heavy atom. The summed E-state index contributed by atoms with van der Waals surface area (Å²) in [6.07, 6.45) is 1.14. The van der Waals surface area contributed by atoms with E-state index in [2.05, 4.69) is 29.1 Å². The van der Waals surface area contributed by atoms with Crippen molar-refractivity contribution >= 4 is 15.8 Å². The minimum Gasteiger partial charge on any atom is -0.353 e. The van der Waals surface area contributed by atoms with Gasteiger partial charge in [0.25, 0.3) is 0 Å². The lowest BCUT2D eigenvalue weighted by Crippen LogP contribution is -2.57. The number of guanidine groups is 1. The number of hydrogen-bond acceptors (Lipinski definition) is 3. The van der Waals surface area contributed by atoms with Gasteiger partial charge in [-0.05, 0) is 25.7 Å². The SMILES string of the molecule is CN=C(NC1CC1(C)C)N1CCS(=O)(=O)C(C)(C)C1. The molecule has 2 rings (SSSR count). The Hall–Kier alpha value is -0.780. The number of hydrogen-bond donors (Lipinski definition) is 1. The van der Waals surface area contributed by atoms with Crippen LogP contribution in [0.2, 0.25) is 0 Å². The van der Waals surface area contributed by atoms with E-state index >= 15 is 0 Å². The summed E-state index contributed by atoms with van der Waals surface area (Å²) in [5.74, 6) is 1.04. The van der Waals surface area contributed by atoms with Crippen molar-refractivity contribution in [2.45, 2.75) is 44.9 Å². The zero-order valence-corrected chi connectivity index (χ0v) is 13.3. The smallest absolute Gasteiger partial charge is 0.193 e. The van der Waals surface area contributed by atoms with Crippen LogP contribution >= 0.6 is 0 Å². The molecular formula is C13H25N3O2S. The third kappa shape index (κ3) is 2.73. The van der Waals surface area contributed by atoms with Gasteiger partial charge in [0.1, 0.15) is 0 Å². The van der Waals surface area contributed by atoms with Crippen LogP contribution in [0.5, 0.6) is 0 Å². The van der Waals surface area contributed by atoms with Crippen LogP contribution in [0.4, 0.5) is 0 Å². The topological polar surface area (TPSA) is 61.8 Å². The van der Waals surface area contributed by atoms with Crippen LogP contribution in [0.3, 0.4) is 0 Å². The Labute approximate surface area is 116 Å². The second-order valence-corrected chi connectivity index (χ2v) is 9.68. The zero-order valence-electron chi connectivity index (χ0n) is 12.5. The fourth-order valence-electron chi connectivity index (χ4n) is 2.49. The highest BCUT2D eigenvalue weighted by molar-refractivity contribution is 7.92. The highest BCUT2D eigenvalue weighted by Crippen LogP contribution is 2.44. The van der Waals surface area contributed by atoms with E-state index in [0.29, 0.717) is 24.5 Å². The number of aliphatic imine (C=N–C) groups is 1. The van der Waals surface area contributed by atoms with Gasteiger partial charge >= 0.3 is 0 Å². The van der Waals surface area contributed by atoms with Crippen molar-refractivity contribution in [2.75, 3.05) is 25.9 Å². The molecule has 1 heterocycles. The Morgan fingerprint density at radius 3 is 2.32 bits per heavy atom. The molecule has 1 aliphatic heterocycles. The molecule has 5 nitrogen and oxygen atoms in total. The van der Waals surface area contributed by atoms with Gasteiger partial charge in [0, 0.05) is 26.2 Å². The first-order valence-electron chi connectivity index (χ1n) is 6.80. The molecule has 1 saturated heterocycles. The first-order valence-corrected chi connectivity index (χ1v) is 8.45. The molecule has 1 atom stereocenters. The van der Waals surface area contributed by atoms with Gasteiger partial charge in [-0.25, -0.2) is 8.42 Å². The molecule has 0 aromatic carbocycles. The molecule has 0 radical (unpaired) electrons. The van der Waals surface area contributed by atoms with Crippen LogP contribution in [-0.2, 0) is 9.84 Å². The van der Waals surface area contributed by atoms with Crippen LogP contribution in [0.15, 0.2) is 4.99 Å². The van der Waals surface area contributed by atoms with Gasteiger partial charge in [0.05, 0.1) is 10.5 Å². The van der Waals surface area contributed by atoms with E-state index in [0.717, 1.165) is 12.4 Å². The maximum atomic E-state index is 12.0. The first-order chi connectivity index (χ1) is 8.59. The number of nitrogens with zero attached hydrogens (tertiary/aromatic N) is 2. The maximum absolute atomic E-state index is 12.0. The van der Waals surface area contributed by atoms with E-state index in [1.54, 1.807) is 20.9 Å². The zero-order chi connectivity index (χ0) is 14.5. The fourth-order valence-corrected chi connectivity index (χ4v) is 3.86. The molecule has 19 heavy (non-hydrogen) atoms. The van der Waals surface area contributed by atoms with Gasteiger partial charge in [-0.1, -0.05) is 13.8 Å². The minimum atomic E-state index is -3.00. The predicted molar refractivity (Wildman–Crippen MR) is 78.1 cm³/mol. The summed E-state index contributed by atoms with van der Waals surface area (Å²) in [5, 5.41) is 3.45. The van der Waals surface area contributed by atoms with Crippen LogP contribution in [0.1, 0.15) is 34.1 Å². The molecule has 0 amide bonds. The van der Waals surface area contributed by atoms with Crippen molar-refractivity contribution in [1.82, 2.24) is 10.2 Å². The molecule has 1 N–H and O–H groups in total. The van der Waals surface area contributed by atoms with E-state index in [9.17, 15) is 8.42 Å². The highest BCUT2D eigenvalue weighted by Gasteiger charge is 2.47. The van der Waals surface area contributed by atoms with E-state index in [-0.39, 0.29) is 5.75 Å². The molecule has 2 aliphatic rings. The Kier molecular flexibility index (Phi) is 3.36. The average Bonchev–Trinajstić information content (AvgIpc) is 2.87. The van der Waals surface area contributed by atoms with Crippen molar-refractivity contribution < 1.29 is 8.42 Å². The molecule has 2 fully saturated rings. The molecule has 0 aromatic rings. The van der Waals surface area contributed by atoms with Gasteiger partial charge in [-0.2, -0.15) is 0 Å². The van der Waals surface area contributed by atoms with Crippen LogP contribution in [-0.4, -0.2) is 56.0 Å². The largest absolute Gasteiger partial charge is 0.353 e. The van der Waals surface area contributed by atoms with E-state index in [1.807, 2.05) is 0 Å². The summed E-state index contributed by atoms with van der Waals surface area (Å²) < 4.78 is 23.3. The monoisotopic (exact) mass is 287 g/mol. The van der Waals surface area contributed by atoms with Crippen LogP contribution < -0.4 is 5.32 Å². The lowest BCUT2D eigenvalue weighted by Gasteiger charge is -2.39. The van der Waals surface area contributed by atoms with Crippen molar-refractivity contribution in [3.63, 3.8) is 0 Å². The van der Waals surface area contributed by atoms with E-state index in [4.69, 9.17) is 0 Å². The van der Waals surface area contributed by atoms with Crippen molar-refractivity contribution in [3.8, 4) is 0 Å². The third-order valence-corrected chi connectivity index (χ3v) is 6.90. The second kappa shape index (κ2) is 4.36. The molecule has 6 heteroatoms. The number of nitrogens with one attached hydrogen (secondary N) is 1. The van der Waals surface area contributed by atoms with Gasteiger partial charge in [0.15, 0.2) is 15.8 Å². The second-order valence-electron chi connectivity index (χ2n) is 6.94. The summed E-state index contributed by atoms with van der Waals surface area (Å²) >= 11 is 0. The minimum absolute atomic E-state index is 0.203. The quantitative estimate of drug-likeness (QED) is 0.574.